The minimum Gasteiger partial charge on any atom is -0.497 e. The Morgan fingerprint density at radius 1 is 1.14 bits per heavy atom. The number of likely N-dealkylation sites (tertiary alicyclic amines) is 1. The Bertz CT molecular complexity index is 792. The van der Waals surface area contributed by atoms with Gasteiger partial charge in [0.1, 0.15) is 11.8 Å². The molecule has 1 fully saturated rings. The number of methoxy groups -OCH3 is 1. The van der Waals surface area contributed by atoms with Gasteiger partial charge < -0.3 is 20.1 Å². The second-order valence-corrected chi connectivity index (χ2v) is 6.91. The van der Waals surface area contributed by atoms with E-state index in [4.69, 9.17) is 4.74 Å². The Labute approximate surface area is 165 Å². The molecule has 0 spiro atoms. The van der Waals surface area contributed by atoms with Crippen molar-refractivity contribution < 1.29 is 19.4 Å². The predicted molar refractivity (Wildman–Crippen MR) is 106 cm³/mol. The quantitative estimate of drug-likeness (QED) is 0.805. The zero-order valence-electron chi connectivity index (χ0n) is 16.0. The Morgan fingerprint density at radius 3 is 2.54 bits per heavy atom. The lowest BCUT2D eigenvalue weighted by molar-refractivity contribution is -0.127. The van der Waals surface area contributed by atoms with Crippen LogP contribution >= 0.6 is 0 Å². The summed E-state index contributed by atoms with van der Waals surface area (Å²) in [5.74, 6) is 0.352. The smallest absolute Gasteiger partial charge is 0.254 e. The van der Waals surface area contributed by atoms with Crippen molar-refractivity contribution in [1.82, 2.24) is 10.2 Å². The van der Waals surface area contributed by atoms with Crippen LogP contribution in [0.4, 0.5) is 0 Å². The summed E-state index contributed by atoms with van der Waals surface area (Å²) < 4.78 is 5.11. The maximum Gasteiger partial charge on any atom is 0.254 e. The highest BCUT2D eigenvalue weighted by Crippen LogP contribution is 2.21. The molecule has 1 aliphatic rings. The lowest BCUT2D eigenvalue weighted by atomic mass is 9.99. The molecule has 0 bridgehead atoms. The predicted octanol–water partition coefficient (Wildman–Crippen LogP) is 2.54. The van der Waals surface area contributed by atoms with Gasteiger partial charge in [0.05, 0.1) is 13.2 Å². The molecule has 1 saturated heterocycles. The second kappa shape index (κ2) is 9.37. The van der Waals surface area contributed by atoms with Gasteiger partial charge in [-0.15, -0.1) is 0 Å². The number of ether oxygens (including phenoxy) is 1. The van der Waals surface area contributed by atoms with E-state index in [0.717, 1.165) is 12.8 Å². The van der Waals surface area contributed by atoms with Crippen molar-refractivity contribution in [3.8, 4) is 5.75 Å². The number of amides is 2. The highest BCUT2D eigenvalue weighted by atomic mass is 16.5. The van der Waals surface area contributed by atoms with Crippen molar-refractivity contribution in [1.29, 1.82) is 0 Å². The average molecular weight is 382 g/mol. The van der Waals surface area contributed by atoms with E-state index >= 15 is 0 Å². The van der Waals surface area contributed by atoms with Gasteiger partial charge in [0, 0.05) is 18.7 Å². The SMILES string of the molecule is COc1ccc(C(O)CNC(=O)C2CCCCN2C(=O)c2ccccc2)cc1. The molecule has 2 amide bonds. The van der Waals surface area contributed by atoms with Crippen LogP contribution in [0.1, 0.15) is 41.3 Å². The molecule has 28 heavy (non-hydrogen) atoms. The average Bonchev–Trinajstić information content (AvgIpc) is 2.77. The highest BCUT2D eigenvalue weighted by Gasteiger charge is 2.32. The summed E-state index contributed by atoms with van der Waals surface area (Å²) in [6, 6.07) is 15.6. The Hall–Kier alpha value is -2.86. The van der Waals surface area contributed by atoms with Crippen LogP contribution in [-0.4, -0.2) is 48.1 Å². The van der Waals surface area contributed by atoms with Crippen LogP contribution < -0.4 is 10.1 Å². The van der Waals surface area contributed by atoms with Gasteiger partial charge in [0.15, 0.2) is 0 Å². The summed E-state index contributed by atoms with van der Waals surface area (Å²) in [7, 11) is 1.58. The minimum atomic E-state index is -0.822. The fourth-order valence-corrected chi connectivity index (χ4v) is 3.45. The van der Waals surface area contributed by atoms with Crippen LogP contribution in [0.25, 0.3) is 0 Å². The van der Waals surface area contributed by atoms with Gasteiger partial charge in [-0.05, 0) is 49.1 Å². The van der Waals surface area contributed by atoms with Gasteiger partial charge in [0.25, 0.3) is 5.91 Å². The van der Waals surface area contributed by atoms with Crippen LogP contribution in [0, 0.1) is 0 Å². The van der Waals surface area contributed by atoms with E-state index in [1.807, 2.05) is 18.2 Å². The number of nitrogens with zero attached hydrogens (tertiary/aromatic N) is 1. The fourth-order valence-electron chi connectivity index (χ4n) is 3.45. The molecule has 0 saturated carbocycles. The molecule has 0 radical (unpaired) electrons. The van der Waals surface area contributed by atoms with E-state index in [0.29, 0.717) is 29.8 Å². The molecular weight excluding hydrogens is 356 g/mol. The summed E-state index contributed by atoms with van der Waals surface area (Å²) in [5.41, 5.74) is 1.28. The summed E-state index contributed by atoms with van der Waals surface area (Å²) in [6.07, 6.45) is 1.59. The van der Waals surface area contributed by atoms with Crippen LogP contribution in [-0.2, 0) is 4.79 Å². The van der Waals surface area contributed by atoms with E-state index in [1.54, 1.807) is 48.4 Å². The Balaban J connectivity index is 1.61. The van der Waals surface area contributed by atoms with E-state index < -0.39 is 12.1 Å². The second-order valence-electron chi connectivity index (χ2n) is 6.91. The number of piperidine rings is 1. The Morgan fingerprint density at radius 2 is 1.86 bits per heavy atom. The lowest BCUT2D eigenvalue weighted by Gasteiger charge is -2.35. The highest BCUT2D eigenvalue weighted by molar-refractivity contribution is 5.97. The molecule has 148 valence electrons. The first-order valence-electron chi connectivity index (χ1n) is 9.56. The molecule has 0 aliphatic carbocycles. The van der Waals surface area contributed by atoms with Crippen molar-refractivity contribution in [2.75, 3.05) is 20.2 Å². The van der Waals surface area contributed by atoms with Crippen molar-refractivity contribution in [2.24, 2.45) is 0 Å². The number of benzene rings is 2. The van der Waals surface area contributed by atoms with Crippen molar-refractivity contribution in [2.45, 2.75) is 31.4 Å². The minimum absolute atomic E-state index is 0.0923. The third-order valence-corrected chi connectivity index (χ3v) is 5.06. The number of aliphatic hydroxyl groups excluding tert-OH is 1. The fraction of sp³-hybridized carbons (Fsp3) is 0.364. The number of rotatable bonds is 6. The summed E-state index contributed by atoms with van der Waals surface area (Å²) >= 11 is 0. The molecule has 2 N–H and O–H groups in total. The first-order valence-corrected chi connectivity index (χ1v) is 9.56. The third kappa shape index (κ3) is 4.70. The van der Waals surface area contributed by atoms with Gasteiger partial charge in [-0.3, -0.25) is 9.59 Å². The van der Waals surface area contributed by atoms with E-state index in [2.05, 4.69) is 5.32 Å². The Kier molecular flexibility index (Phi) is 6.66. The number of carbonyl (C=O) groups is 2. The van der Waals surface area contributed by atoms with Gasteiger partial charge >= 0.3 is 0 Å². The van der Waals surface area contributed by atoms with E-state index in [1.165, 1.54) is 0 Å². The van der Waals surface area contributed by atoms with Crippen LogP contribution in [0.15, 0.2) is 54.6 Å². The molecule has 2 aromatic carbocycles. The third-order valence-electron chi connectivity index (χ3n) is 5.06. The van der Waals surface area contributed by atoms with E-state index in [-0.39, 0.29) is 18.4 Å². The molecule has 6 heteroatoms. The first-order chi connectivity index (χ1) is 13.6. The van der Waals surface area contributed by atoms with Crippen LogP contribution in [0.3, 0.4) is 0 Å². The molecular formula is C22H26N2O4. The summed E-state index contributed by atoms with van der Waals surface area (Å²) in [5, 5.41) is 13.1. The summed E-state index contributed by atoms with van der Waals surface area (Å²) in [6.45, 7) is 0.655. The topological polar surface area (TPSA) is 78.9 Å². The molecule has 1 aliphatic heterocycles. The van der Waals surface area contributed by atoms with Crippen LogP contribution in [0.2, 0.25) is 0 Å². The number of aliphatic hydroxyl groups is 1. The summed E-state index contributed by atoms with van der Waals surface area (Å²) in [4.78, 5) is 27.2. The van der Waals surface area contributed by atoms with Crippen molar-refractivity contribution in [3.05, 3.63) is 65.7 Å². The van der Waals surface area contributed by atoms with Crippen molar-refractivity contribution >= 4 is 11.8 Å². The molecule has 3 rings (SSSR count). The largest absolute Gasteiger partial charge is 0.497 e. The van der Waals surface area contributed by atoms with Gasteiger partial charge in [-0.2, -0.15) is 0 Å². The number of carbonyl (C=O) groups excluding carboxylic acids is 2. The van der Waals surface area contributed by atoms with Gasteiger partial charge in [0.2, 0.25) is 5.91 Å². The van der Waals surface area contributed by atoms with E-state index in [9.17, 15) is 14.7 Å². The maximum absolute atomic E-state index is 12.8. The number of hydrogen-bond acceptors (Lipinski definition) is 4. The van der Waals surface area contributed by atoms with Crippen molar-refractivity contribution in [3.63, 3.8) is 0 Å². The molecule has 0 aromatic heterocycles. The lowest BCUT2D eigenvalue weighted by Crippen LogP contribution is -2.52. The van der Waals surface area contributed by atoms with Gasteiger partial charge in [-0.1, -0.05) is 30.3 Å². The number of nitrogens with one attached hydrogen (secondary N) is 1. The number of hydrogen-bond donors (Lipinski definition) is 2. The standard InChI is InChI=1S/C22H26N2O4/c1-28-18-12-10-16(11-13-18)20(25)15-23-21(26)19-9-5-6-14-24(19)22(27)17-7-3-2-4-8-17/h2-4,7-8,10-13,19-20,25H,5-6,9,14-15H2,1H3,(H,23,26). The van der Waals surface area contributed by atoms with Gasteiger partial charge in [-0.25, -0.2) is 0 Å². The molecule has 6 nitrogen and oxygen atoms in total. The molecule has 1 heterocycles. The first kappa shape index (κ1) is 19.9. The molecule has 2 aromatic rings. The molecule has 2 unspecified atom stereocenters. The van der Waals surface area contributed by atoms with Crippen LogP contribution in [0.5, 0.6) is 5.75 Å². The monoisotopic (exact) mass is 382 g/mol. The zero-order valence-corrected chi connectivity index (χ0v) is 16.0. The normalized spacial score (nSPS) is 17.6. The maximum atomic E-state index is 12.8. The zero-order chi connectivity index (χ0) is 19.9. The molecule has 2 atom stereocenters.